The number of rotatable bonds is 5. The van der Waals surface area contributed by atoms with E-state index in [1.54, 1.807) is 18.4 Å². The average Bonchev–Trinajstić information content (AvgIpc) is 3.25. The minimum Gasteiger partial charge on any atom is -0.450 e. The molecule has 2 N–H and O–H groups in total. The van der Waals surface area contributed by atoms with Crippen molar-refractivity contribution < 1.29 is 22.7 Å². The van der Waals surface area contributed by atoms with Crippen molar-refractivity contribution in [3.05, 3.63) is 80.3 Å². The number of carbonyl (C=O) groups excluding carboxylic acids is 1. The maximum Gasteiger partial charge on any atom is 0.405 e. The third kappa shape index (κ3) is 4.64. The minimum atomic E-state index is -4.59. The van der Waals surface area contributed by atoms with Gasteiger partial charge in [0.1, 0.15) is 23.5 Å². The SMILES string of the molecule is Cc1cccc(C)c1Oc1c(-c2cn(C)c(=O)c3[nH]c(C(=O)NCC(F)(F)F)cc23)ccn(C)c1=O. The molecule has 3 aromatic heterocycles. The lowest BCUT2D eigenvalue weighted by atomic mass is 10.0. The second-order valence-corrected chi connectivity index (χ2v) is 8.53. The smallest absolute Gasteiger partial charge is 0.405 e. The summed E-state index contributed by atoms with van der Waals surface area (Å²) in [5.74, 6) is -0.515. The first-order chi connectivity index (χ1) is 16.9. The topological polar surface area (TPSA) is 98.1 Å². The molecule has 0 bridgehead atoms. The zero-order valence-corrected chi connectivity index (χ0v) is 19.9. The fourth-order valence-electron chi connectivity index (χ4n) is 3.92. The number of amides is 1. The quantitative estimate of drug-likeness (QED) is 0.434. The molecule has 0 unspecified atom stereocenters. The number of nitrogens with zero attached hydrogens (tertiary/aromatic N) is 2. The molecule has 0 aliphatic heterocycles. The van der Waals surface area contributed by atoms with Crippen LogP contribution in [0.25, 0.3) is 22.0 Å². The summed E-state index contributed by atoms with van der Waals surface area (Å²) in [7, 11) is 3.06. The highest BCUT2D eigenvalue weighted by Crippen LogP contribution is 2.36. The summed E-state index contributed by atoms with van der Waals surface area (Å²) in [6.45, 7) is 2.17. The van der Waals surface area contributed by atoms with E-state index in [-0.39, 0.29) is 22.3 Å². The van der Waals surface area contributed by atoms with Crippen molar-refractivity contribution in [1.29, 1.82) is 0 Å². The summed E-state index contributed by atoms with van der Waals surface area (Å²) >= 11 is 0. The Hall–Kier alpha value is -4.28. The van der Waals surface area contributed by atoms with Crippen LogP contribution in [0.5, 0.6) is 11.5 Å². The van der Waals surface area contributed by atoms with Gasteiger partial charge in [-0.2, -0.15) is 13.2 Å². The summed E-state index contributed by atoms with van der Waals surface area (Å²) < 4.78 is 46.4. The first kappa shape index (κ1) is 24.8. The molecule has 0 aliphatic carbocycles. The summed E-state index contributed by atoms with van der Waals surface area (Å²) in [5, 5.41) is 2.04. The summed E-state index contributed by atoms with van der Waals surface area (Å²) in [6.07, 6.45) is -1.56. The summed E-state index contributed by atoms with van der Waals surface area (Å²) in [5.41, 5.74) is 1.21. The molecule has 0 atom stereocenters. The molecule has 1 aromatic carbocycles. The van der Waals surface area contributed by atoms with Crippen molar-refractivity contribution in [2.75, 3.05) is 6.54 Å². The Balaban J connectivity index is 1.91. The number of alkyl halides is 3. The van der Waals surface area contributed by atoms with Gasteiger partial charge >= 0.3 is 6.18 Å². The molecule has 0 fully saturated rings. The van der Waals surface area contributed by atoms with Crippen molar-refractivity contribution in [1.82, 2.24) is 19.4 Å². The van der Waals surface area contributed by atoms with E-state index in [2.05, 4.69) is 4.98 Å². The molecule has 0 aliphatic rings. The molecule has 3 heterocycles. The number of hydrogen-bond donors (Lipinski definition) is 2. The largest absolute Gasteiger partial charge is 0.450 e. The zero-order chi connectivity index (χ0) is 26.4. The van der Waals surface area contributed by atoms with Crippen molar-refractivity contribution in [2.24, 2.45) is 14.1 Å². The van der Waals surface area contributed by atoms with Crippen LogP contribution in [0.3, 0.4) is 0 Å². The van der Waals surface area contributed by atoms with Gasteiger partial charge < -0.3 is 24.2 Å². The molecule has 8 nitrogen and oxygen atoms in total. The number of fused-ring (bicyclic) bond motifs is 1. The normalized spacial score (nSPS) is 11.6. The van der Waals surface area contributed by atoms with E-state index < -0.39 is 29.7 Å². The predicted molar refractivity (Wildman–Crippen MR) is 129 cm³/mol. The Kier molecular flexibility index (Phi) is 6.25. The van der Waals surface area contributed by atoms with Crippen LogP contribution in [-0.4, -0.2) is 32.7 Å². The monoisotopic (exact) mass is 500 g/mol. The fraction of sp³-hybridized carbons (Fsp3) is 0.240. The molecular formula is C25H23F3N4O4. The van der Waals surface area contributed by atoms with Gasteiger partial charge in [0.25, 0.3) is 17.0 Å². The highest BCUT2D eigenvalue weighted by atomic mass is 19.4. The number of benzene rings is 1. The van der Waals surface area contributed by atoms with Gasteiger partial charge in [0.2, 0.25) is 0 Å². The van der Waals surface area contributed by atoms with Gasteiger partial charge in [0.15, 0.2) is 5.75 Å². The molecule has 1 amide bonds. The van der Waals surface area contributed by atoms with Crippen LogP contribution in [0.2, 0.25) is 0 Å². The number of hydrogen-bond acceptors (Lipinski definition) is 4. The summed E-state index contributed by atoms with van der Waals surface area (Å²) in [4.78, 5) is 40.9. The van der Waals surface area contributed by atoms with E-state index in [0.29, 0.717) is 16.9 Å². The van der Waals surface area contributed by atoms with Crippen LogP contribution < -0.4 is 21.2 Å². The fourth-order valence-corrected chi connectivity index (χ4v) is 3.92. The first-order valence-corrected chi connectivity index (χ1v) is 10.9. The molecule has 0 spiro atoms. The van der Waals surface area contributed by atoms with Crippen LogP contribution >= 0.6 is 0 Å². The number of H-pyrrole nitrogens is 1. The van der Waals surface area contributed by atoms with Crippen LogP contribution in [0.4, 0.5) is 13.2 Å². The number of para-hydroxylation sites is 1. The highest BCUT2D eigenvalue weighted by molar-refractivity contribution is 6.03. The second-order valence-electron chi connectivity index (χ2n) is 8.53. The van der Waals surface area contributed by atoms with E-state index in [1.165, 1.54) is 34.6 Å². The minimum absolute atomic E-state index is 0.00150. The van der Waals surface area contributed by atoms with Crippen molar-refractivity contribution in [3.63, 3.8) is 0 Å². The maximum absolute atomic E-state index is 13.2. The highest BCUT2D eigenvalue weighted by Gasteiger charge is 2.28. The van der Waals surface area contributed by atoms with E-state index >= 15 is 0 Å². The van der Waals surface area contributed by atoms with Crippen LogP contribution in [0.1, 0.15) is 21.6 Å². The zero-order valence-electron chi connectivity index (χ0n) is 19.9. The van der Waals surface area contributed by atoms with Gasteiger partial charge in [0, 0.05) is 43.0 Å². The number of aryl methyl sites for hydroxylation is 4. The van der Waals surface area contributed by atoms with Crippen molar-refractivity contribution in [3.8, 4) is 22.6 Å². The Morgan fingerprint density at radius 1 is 1.00 bits per heavy atom. The first-order valence-electron chi connectivity index (χ1n) is 10.9. The number of aromatic nitrogens is 3. The number of carbonyl (C=O) groups is 1. The number of halogens is 3. The third-order valence-electron chi connectivity index (χ3n) is 5.79. The lowest BCUT2D eigenvalue weighted by molar-refractivity contribution is -0.123. The molecule has 11 heteroatoms. The average molecular weight is 500 g/mol. The van der Waals surface area contributed by atoms with Gasteiger partial charge in [-0.05, 0) is 37.1 Å². The van der Waals surface area contributed by atoms with Gasteiger partial charge in [-0.3, -0.25) is 14.4 Å². The molecule has 36 heavy (non-hydrogen) atoms. The molecule has 188 valence electrons. The van der Waals surface area contributed by atoms with Gasteiger partial charge in [-0.1, -0.05) is 18.2 Å². The van der Waals surface area contributed by atoms with Gasteiger partial charge in [0.05, 0.1) is 0 Å². The van der Waals surface area contributed by atoms with Gasteiger partial charge in [-0.15, -0.1) is 0 Å². The molecule has 0 saturated carbocycles. The number of ether oxygens (including phenoxy) is 1. The lowest BCUT2D eigenvalue weighted by Gasteiger charge is -2.16. The van der Waals surface area contributed by atoms with Crippen molar-refractivity contribution in [2.45, 2.75) is 20.0 Å². The van der Waals surface area contributed by atoms with E-state index in [9.17, 15) is 27.6 Å². The van der Waals surface area contributed by atoms with E-state index in [0.717, 1.165) is 11.1 Å². The van der Waals surface area contributed by atoms with E-state index in [1.807, 2.05) is 32.0 Å². The summed E-state index contributed by atoms with van der Waals surface area (Å²) in [6, 6.07) is 8.48. The van der Waals surface area contributed by atoms with Crippen molar-refractivity contribution >= 4 is 16.8 Å². The molecule has 4 rings (SSSR count). The molecule has 0 radical (unpaired) electrons. The Morgan fingerprint density at radius 3 is 2.31 bits per heavy atom. The maximum atomic E-state index is 13.2. The number of nitrogens with one attached hydrogen (secondary N) is 2. The Labute approximate surface area is 202 Å². The lowest BCUT2D eigenvalue weighted by Crippen LogP contribution is -2.33. The number of aromatic amines is 1. The third-order valence-corrected chi connectivity index (χ3v) is 5.79. The van der Waals surface area contributed by atoms with Crippen LogP contribution in [-0.2, 0) is 14.1 Å². The van der Waals surface area contributed by atoms with Crippen LogP contribution in [0.15, 0.2) is 52.3 Å². The second kappa shape index (κ2) is 9.06. The molecular weight excluding hydrogens is 477 g/mol. The van der Waals surface area contributed by atoms with Crippen LogP contribution in [0, 0.1) is 13.8 Å². The Bertz CT molecular complexity index is 1590. The number of pyridine rings is 2. The predicted octanol–water partition coefficient (Wildman–Crippen LogP) is 3.93. The van der Waals surface area contributed by atoms with Gasteiger partial charge in [-0.25, -0.2) is 0 Å². The standard InChI is InChI=1S/C25H23F3N4O4/c1-13-6-5-7-14(2)20(13)36-21-15(8-9-31(3)24(21)35)17-11-32(4)23(34)19-16(17)10-18(30-19)22(33)29-12-25(26,27)28/h5-11,30H,12H2,1-4H3,(H,29,33). The molecule has 0 saturated heterocycles. The van der Waals surface area contributed by atoms with E-state index in [4.69, 9.17) is 4.74 Å². The Morgan fingerprint density at radius 2 is 1.67 bits per heavy atom. The molecule has 4 aromatic rings.